The zero-order chi connectivity index (χ0) is 20.4. The third kappa shape index (κ3) is 3.86. The topological polar surface area (TPSA) is 70.0 Å². The molecule has 7 nitrogen and oxygen atoms in total. The second-order valence-corrected chi connectivity index (χ2v) is 7.34. The van der Waals surface area contributed by atoms with E-state index < -0.39 is 0 Å². The number of pyridine rings is 1. The lowest BCUT2D eigenvalue weighted by Gasteiger charge is -2.31. The highest BCUT2D eigenvalue weighted by Crippen LogP contribution is 2.18. The zero-order valence-corrected chi connectivity index (χ0v) is 16.8. The average molecular weight is 391 g/mol. The first-order valence-corrected chi connectivity index (χ1v) is 9.92. The molecule has 0 aliphatic carbocycles. The van der Waals surface area contributed by atoms with Crippen molar-refractivity contribution in [3.63, 3.8) is 0 Å². The Morgan fingerprint density at radius 1 is 1.03 bits per heavy atom. The molecule has 1 saturated heterocycles. The fraction of sp³-hybridized carbons (Fsp3) is 0.318. The van der Waals surface area contributed by atoms with Gasteiger partial charge in [-0.05, 0) is 43.3 Å². The number of imidazole rings is 1. The van der Waals surface area contributed by atoms with Crippen LogP contribution in [0.2, 0.25) is 0 Å². The standard InChI is InChI=1S/C22H25N5O2/c1-3-16-7-9-17(10-8-16)23-21(28)19-18-6-4-5-11-27(18)20(24-19)22(29)26-14-12-25(2)13-15-26/h4-11H,3,12-15H2,1-2H3,(H,23,28). The minimum atomic E-state index is -0.324. The first-order chi connectivity index (χ1) is 14.1. The summed E-state index contributed by atoms with van der Waals surface area (Å²) < 4.78 is 1.70. The van der Waals surface area contributed by atoms with Crippen LogP contribution in [0.4, 0.5) is 5.69 Å². The molecule has 150 valence electrons. The van der Waals surface area contributed by atoms with Crippen molar-refractivity contribution >= 4 is 23.0 Å². The van der Waals surface area contributed by atoms with Gasteiger partial charge in [0.15, 0.2) is 5.69 Å². The van der Waals surface area contributed by atoms with Crippen molar-refractivity contribution in [1.29, 1.82) is 0 Å². The second-order valence-electron chi connectivity index (χ2n) is 7.34. The number of hydrogen-bond donors (Lipinski definition) is 1. The Hall–Kier alpha value is -3.19. The van der Waals surface area contributed by atoms with Crippen LogP contribution < -0.4 is 5.32 Å². The van der Waals surface area contributed by atoms with Gasteiger partial charge in [0.05, 0.1) is 5.52 Å². The fourth-order valence-corrected chi connectivity index (χ4v) is 3.52. The van der Waals surface area contributed by atoms with Crippen molar-refractivity contribution in [2.45, 2.75) is 13.3 Å². The minimum Gasteiger partial charge on any atom is -0.333 e. The summed E-state index contributed by atoms with van der Waals surface area (Å²) in [6.45, 7) is 5.06. The molecular weight excluding hydrogens is 366 g/mol. The molecule has 2 amide bonds. The van der Waals surface area contributed by atoms with E-state index in [2.05, 4.69) is 22.1 Å². The van der Waals surface area contributed by atoms with E-state index in [0.717, 1.165) is 19.5 Å². The monoisotopic (exact) mass is 391 g/mol. The lowest BCUT2D eigenvalue weighted by atomic mass is 10.1. The summed E-state index contributed by atoms with van der Waals surface area (Å²) in [5, 5.41) is 2.89. The van der Waals surface area contributed by atoms with Gasteiger partial charge in [-0.3, -0.25) is 14.0 Å². The van der Waals surface area contributed by atoms with E-state index in [9.17, 15) is 9.59 Å². The number of hydrogen-bond acceptors (Lipinski definition) is 4. The predicted molar refractivity (Wildman–Crippen MR) is 112 cm³/mol. The highest BCUT2D eigenvalue weighted by molar-refractivity contribution is 6.08. The van der Waals surface area contributed by atoms with Gasteiger partial charge in [-0.1, -0.05) is 25.1 Å². The van der Waals surface area contributed by atoms with Gasteiger partial charge in [0.25, 0.3) is 11.8 Å². The molecule has 3 heterocycles. The molecule has 1 aliphatic rings. The van der Waals surface area contributed by atoms with E-state index in [0.29, 0.717) is 24.3 Å². The van der Waals surface area contributed by atoms with Crippen LogP contribution in [-0.2, 0) is 6.42 Å². The summed E-state index contributed by atoms with van der Waals surface area (Å²) >= 11 is 0. The van der Waals surface area contributed by atoms with E-state index in [1.54, 1.807) is 15.5 Å². The molecule has 0 spiro atoms. The SMILES string of the molecule is CCc1ccc(NC(=O)c2nc(C(=O)N3CCN(C)CC3)n3ccccc23)cc1. The van der Waals surface area contributed by atoms with Crippen LogP contribution in [0.1, 0.15) is 33.6 Å². The predicted octanol–water partition coefficient (Wildman–Crippen LogP) is 2.54. The molecule has 0 radical (unpaired) electrons. The molecule has 1 fully saturated rings. The summed E-state index contributed by atoms with van der Waals surface area (Å²) in [4.78, 5) is 34.4. The Bertz CT molecular complexity index is 1030. The van der Waals surface area contributed by atoms with E-state index in [4.69, 9.17) is 0 Å². The number of carbonyl (C=O) groups excluding carboxylic acids is 2. The van der Waals surface area contributed by atoms with Crippen molar-refractivity contribution in [3.8, 4) is 0 Å². The molecule has 0 atom stereocenters. The molecular formula is C22H25N5O2. The largest absolute Gasteiger partial charge is 0.333 e. The van der Waals surface area contributed by atoms with Gasteiger partial charge in [-0.25, -0.2) is 4.98 Å². The van der Waals surface area contributed by atoms with Gasteiger partial charge in [0, 0.05) is 38.1 Å². The Labute approximate surface area is 169 Å². The maximum Gasteiger partial charge on any atom is 0.290 e. The summed E-state index contributed by atoms with van der Waals surface area (Å²) in [7, 11) is 2.04. The van der Waals surface area contributed by atoms with Crippen molar-refractivity contribution in [2.24, 2.45) is 0 Å². The number of carbonyl (C=O) groups is 2. The summed E-state index contributed by atoms with van der Waals surface area (Å²) in [5.74, 6) is -0.197. The fourth-order valence-electron chi connectivity index (χ4n) is 3.52. The van der Waals surface area contributed by atoms with Crippen molar-refractivity contribution in [2.75, 3.05) is 38.5 Å². The van der Waals surface area contributed by atoms with Crippen LogP contribution in [0.3, 0.4) is 0 Å². The molecule has 4 rings (SSSR count). The lowest BCUT2D eigenvalue weighted by Crippen LogP contribution is -2.47. The Morgan fingerprint density at radius 3 is 2.45 bits per heavy atom. The van der Waals surface area contributed by atoms with Crippen molar-refractivity contribution in [3.05, 3.63) is 65.7 Å². The van der Waals surface area contributed by atoms with Gasteiger partial charge >= 0.3 is 0 Å². The first-order valence-electron chi connectivity index (χ1n) is 9.92. The van der Waals surface area contributed by atoms with Crippen LogP contribution >= 0.6 is 0 Å². The van der Waals surface area contributed by atoms with Gasteiger partial charge in [-0.15, -0.1) is 0 Å². The van der Waals surface area contributed by atoms with E-state index in [1.807, 2.05) is 49.5 Å². The normalized spacial score (nSPS) is 14.9. The number of nitrogens with one attached hydrogen (secondary N) is 1. The molecule has 2 aromatic heterocycles. The molecule has 0 saturated carbocycles. The smallest absolute Gasteiger partial charge is 0.290 e. The van der Waals surface area contributed by atoms with E-state index in [-0.39, 0.29) is 23.3 Å². The second kappa shape index (κ2) is 8.05. The average Bonchev–Trinajstić information content (AvgIpc) is 3.14. The molecule has 29 heavy (non-hydrogen) atoms. The maximum atomic E-state index is 13.1. The molecule has 0 bridgehead atoms. The number of likely N-dealkylation sites (N-methyl/N-ethyl adjacent to an activating group) is 1. The Kier molecular flexibility index (Phi) is 5.31. The quantitative estimate of drug-likeness (QED) is 0.742. The molecule has 0 unspecified atom stereocenters. The summed E-state index contributed by atoms with van der Waals surface area (Å²) in [5.41, 5.74) is 2.78. The third-order valence-electron chi connectivity index (χ3n) is 5.37. The van der Waals surface area contributed by atoms with Gasteiger partial charge in [0.1, 0.15) is 0 Å². The number of nitrogens with zero attached hydrogens (tertiary/aromatic N) is 4. The number of aromatic nitrogens is 2. The van der Waals surface area contributed by atoms with Crippen LogP contribution in [0.5, 0.6) is 0 Å². The van der Waals surface area contributed by atoms with Crippen LogP contribution in [-0.4, -0.2) is 64.2 Å². The third-order valence-corrected chi connectivity index (χ3v) is 5.37. The van der Waals surface area contributed by atoms with Gasteiger partial charge < -0.3 is 15.1 Å². The zero-order valence-electron chi connectivity index (χ0n) is 16.8. The van der Waals surface area contributed by atoms with E-state index in [1.165, 1.54) is 5.56 Å². The molecule has 1 N–H and O–H groups in total. The Balaban J connectivity index is 1.63. The molecule has 3 aromatic rings. The van der Waals surface area contributed by atoms with E-state index >= 15 is 0 Å². The number of fused-ring (bicyclic) bond motifs is 1. The molecule has 1 aliphatic heterocycles. The van der Waals surface area contributed by atoms with Crippen LogP contribution in [0.25, 0.3) is 5.52 Å². The number of aryl methyl sites for hydroxylation is 1. The number of amides is 2. The number of piperazine rings is 1. The van der Waals surface area contributed by atoms with Gasteiger partial charge in [-0.2, -0.15) is 0 Å². The highest BCUT2D eigenvalue weighted by Gasteiger charge is 2.27. The number of rotatable bonds is 4. The maximum absolute atomic E-state index is 13.1. The van der Waals surface area contributed by atoms with Crippen molar-refractivity contribution < 1.29 is 9.59 Å². The first kappa shape index (κ1) is 19.1. The summed E-state index contributed by atoms with van der Waals surface area (Å²) in [6.07, 6.45) is 2.72. The number of benzene rings is 1. The molecule has 7 heteroatoms. The Morgan fingerprint density at radius 2 is 1.76 bits per heavy atom. The molecule has 1 aromatic carbocycles. The minimum absolute atomic E-state index is 0.148. The lowest BCUT2D eigenvalue weighted by molar-refractivity contribution is 0.0651. The highest BCUT2D eigenvalue weighted by atomic mass is 16.2. The van der Waals surface area contributed by atoms with Crippen LogP contribution in [0.15, 0.2) is 48.7 Å². The number of anilines is 1. The van der Waals surface area contributed by atoms with Crippen molar-refractivity contribution in [1.82, 2.24) is 19.2 Å². The van der Waals surface area contributed by atoms with Gasteiger partial charge in [0.2, 0.25) is 5.82 Å². The summed E-state index contributed by atoms with van der Waals surface area (Å²) in [6, 6.07) is 13.2. The van der Waals surface area contributed by atoms with Crippen LogP contribution in [0, 0.1) is 0 Å².